The molecule has 2 amide bonds. The fourth-order valence-electron chi connectivity index (χ4n) is 1.42. The monoisotopic (exact) mass is 281 g/mol. The second kappa shape index (κ2) is 5.55. The number of carboxylic acids is 1. The molecule has 0 heterocycles. The van der Waals surface area contributed by atoms with E-state index in [1.807, 2.05) is 0 Å². The smallest absolute Gasteiger partial charge is 0.335 e. The highest BCUT2D eigenvalue weighted by Gasteiger charge is 2.20. The van der Waals surface area contributed by atoms with Crippen LogP contribution >= 0.6 is 0 Å². The average Bonchev–Trinajstić information content (AvgIpc) is 2.25. The summed E-state index contributed by atoms with van der Waals surface area (Å²) in [5, 5.41) is 24.6. The first kappa shape index (κ1) is 15.4. The molecule has 0 spiro atoms. The summed E-state index contributed by atoms with van der Waals surface area (Å²) in [7, 11) is 0. The van der Waals surface area contributed by atoms with Crippen LogP contribution in [0.5, 0.6) is 0 Å². The van der Waals surface area contributed by atoms with Crippen molar-refractivity contribution in [3.8, 4) is 0 Å². The lowest BCUT2D eigenvalue weighted by molar-refractivity contribution is -0.383. The molecule has 1 aromatic carbocycles. The molecule has 1 rings (SSSR count). The van der Waals surface area contributed by atoms with Crippen molar-refractivity contribution in [2.45, 2.75) is 26.3 Å². The van der Waals surface area contributed by atoms with Crippen LogP contribution in [0, 0.1) is 10.1 Å². The number of carbonyl (C=O) groups excluding carboxylic acids is 1. The minimum Gasteiger partial charge on any atom is -0.478 e. The zero-order chi connectivity index (χ0) is 15.5. The Morgan fingerprint density at radius 1 is 1.30 bits per heavy atom. The van der Waals surface area contributed by atoms with Crippen molar-refractivity contribution < 1.29 is 19.6 Å². The Balaban J connectivity index is 3.03. The highest BCUT2D eigenvalue weighted by Crippen LogP contribution is 2.25. The number of rotatable bonds is 3. The van der Waals surface area contributed by atoms with E-state index in [4.69, 9.17) is 5.11 Å². The fourth-order valence-corrected chi connectivity index (χ4v) is 1.42. The van der Waals surface area contributed by atoms with Crippen LogP contribution in [0.2, 0.25) is 0 Å². The van der Waals surface area contributed by atoms with Crippen molar-refractivity contribution in [3.63, 3.8) is 0 Å². The summed E-state index contributed by atoms with van der Waals surface area (Å²) >= 11 is 0. The number of nitro benzene ring substituents is 1. The quantitative estimate of drug-likeness (QED) is 0.579. The van der Waals surface area contributed by atoms with Gasteiger partial charge in [-0.1, -0.05) is 0 Å². The number of nitrogens with one attached hydrogen (secondary N) is 2. The van der Waals surface area contributed by atoms with E-state index >= 15 is 0 Å². The summed E-state index contributed by atoms with van der Waals surface area (Å²) in [4.78, 5) is 32.6. The Labute approximate surface area is 114 Å². The van der Waals surface area contributed by atoms with E-state index in [0.29, 0.717) is 0 Å². The third-order valence-corrected chi connectivity index (χ3v) is 2.18. The van der Waals surface area contributed by atoms with Crippen molar-refractivity contribution >= 4 is 23.4 Å². The molecule has 0 saturated heterocycles. The topological polar surface area (TPSA) is 122 Å². The maximum atomic E-state index is 11.7. The molecule has 1 aromatic rings. The van der Waals surface area contributed by atoms with Gasteiger partial charge in [-0.25, -0.2) is 9.59 Å². The standard InChI is InChI=1S/C12H15N3O5/c1-12(2,3)14-11(18)13-8-5-4-7(10(16)17)6-9(8)15(19)20/h4-6H,1-3H3,(H,16,17)(H2,13,14,18). The SMILES string of the molecule is CC(C)(C)NC(=O)Nc1ccc(C(=O)O)cc1[N+](=O)[O-]. The summed E-state index contributed by atoms with van der Waals surface area (Å²) in [6.07, 6.45) is 0. The summed E-state index contributed by atoms with van der Waals surface area (Å²) in [6.45, 7) is 5.28. The van der Waals surface area contributed by atoms with Gasteiger partial charge in [0.25, 0.3) is 5.69 Å². The molecule has 8 heteroatoms. The number of hydrogen-bond donors (Lipinski definition) is 3. The maximum Gasteiger partial charge on any atom is 0.335 e. The first-order valence-electron chi connectivity index (χ1n) is 5.71. The molecular weight excluding hydrogens is 266 g/mol. The molecule has 108 valence electrons. The van der Waals surface area contributed by atoms with Gasteiger partial charge in [0.1, 0.15) is 5.69 Å². The first-order valence-corrected chi connectivity index (χ1v) is 5.71. The van der Waals surface area contributed by atoms with Crippen LogP contribution in [0.4, 0.5) is 16.2 Å². The molecule has 8 nitrogen and oxygen atoms in total. The number of hydrogen-bond acceptors (Lipinski definition) is 4. The van der Waals surface area contributed by atoms with Gasteiger partial charge in [-0.15, -0.1) is 0 Å². The number of anilines is 1. The Bertz CT molecular complexity index is 563. The molecule has 20 heavy (non-hydrogen) atoms. The van der Waals surface area contributed by atoms with E-state index in [0.717, 1.165) is 6.07 Å². The number of aromatic carboxylic acids is 1. The van der Waals surface area contributed by atoms with Crippen LogP contribution in [-0.2, 0) is 0 Å². The fraction of sp³-hybridized carbons (Fsp3) is 0.333. The number of carboxylic acid groups (broad SMARTS) is 1. The number of benzene rings is 1. The van der Waals surface area contributed by atoms with E-state index in [9.17, 15) is 19.7 Å². The van der Waals surface area contributed by atoms with Crippen molar-refractivity contribution in [3.05, 3.63) is 33.9 Å². The molecular formula is C12H15N3O5. The molecule has 0 aliphatic carbocycles. The minimum absolute atomic E-state index is 0.0678. The van der Waals surface area contributed by atoms with Crippen LogP contribution < -0.4 is 10.6 Å². The third kappa shape index (κ3) is 4.23. The van der Waals surface area contributed by atoms with Crippen LogP contribution in [0.25, 0.3) is 0 Å². The molecule has 0 fully saturated rings. The average molecular weight is 281 g/mol. The molecule has 0 unspecified atom stereocenters. The molecule has 0 atom stereocenters. The molecule has 0 aliphatic heterocycles. The second-order valence-electron chi connectivity index (χ2n) is 5.12. The Hall–Kier alpha value is -2.64. The third-order valence-electron chi connectivity index (χ3n) is 2.18. The maximum absolute atomic E-state index is 11.7. The Kier molecular flexibility index (Phi) is 4.28. The van der Waals surface area contributed by atoms with Gasteiger partial charge in [-0.05, 0) is 32.9 Å². The highest BCUT2D eigenvalue weighted by molar-refractivity contribution is 5.95. The lowest BCUT2D eigenvalue weighted by Gasteiger charge is -2.20. The summed E-state index contributed by atoms with van der Waals surface area (Å²) in [5.41, 5.74) is -1.27. The summed E-state index contributed by atoms with van der Waals surface area (Å²) < 4.78 is 0. The largest absolute Gasteiger partial charge is 0.478 e. The zero-order valence-corrected chi connectivity index (χ0v) is 11.3. The van der Waals surface area contributed by atoms with Crippen LogP contribution in [0.1, 0.15) is 31.1 Å². The number of nitrogens with zero attached hydrogens (tertiary/aromatic N) is 1. The molecule has 0 bridgehead atoms. The van der Waals surface area contributed by atoms with Crippen molar-refractivity contribution in [2.75, 3.05) is 5.32 Å². The van der Waals surface area contributed by atoms with E-state index in [1.54, 1.807) is 20.8 Å². The van der Waals surface area contributed by atoms with Crippen molar-refractivity contribution in [2.24, 2.45) is 0 Å². The molecule has 0 radical (unpaired) electrons. The Morgan fingerprint density at radius 2 is 1.90 bits per heavy atom. The predicted octanol–water partition coefficient (Wildman–Crippen LogP) is 2.21. The van der Waals surface area contributed by atoms with Crippen molar-refractivity contribution in [1.29, 1.82) is 0 Å². The molecule has 0 aromatic heterocycles. The van der Waals surface area contributed by atoms with Gasteiger partial charge >= 0.3 is 12.0 Å². The van der Waals surface area contributed by atoms with Gasteiger partial charge in [-0.3, -0.25) is 10.1 Å². The first-order chi connectivity index (χ1) is 9.10. The van der Waals surface area contributed by atoms with Gasteiger partial charge in [0.15, 0.2) is 0 Å². The van der Waals surface area contributed by atoms with E-state index < -0.39 is 28.2 Å². The number of nitro groups is 1. The summed E-state index contributed by atoms with van der Waals surface area (Å²) in [6, 6.07) is 2.66. The minimum atomic E-state index is -1.28. The zero-order valence-electron chi connectivity index (χ0n) is 11.3. The van der Waals surface area contributed by atoms with E-state index in [1.165, 1.54) is 12.1 Å². The van der Waals surface area contributed by atoms with E-state index in [-0.39, 0.29) is 11.3 Å². The summed E-state index contributed by atoms with van der Waals surface area (Å²) in [5.74, 6) is -1.28. The normalized spacial score (nSPS) is 10.8. The van der Waals surface area contributed by atoms with Gasteiger partial charge in [0.2, 0.25) is 0 Å². The molecule has 0 aliphatic rings. The van der Waals surface area contributed by atoms with Gasteiger partial charge in [-0.2, -0.15) is 0 Å². The second-order valence-corrected chi connectivity index (χ2v) is 5.12. The van der Waals surface area contributed by atoms with Crippen LogP contribution in [-0.4, -0.2) is 27.6 Å². The van der Waals surface area contributed by atoms with Crippen LogP contribution in [0.3, 0.4) is 0 Å². The lowest BCUT2D eigenvalue weighted by atomic mass is 10.1. The Morgan fingerprint density at radius 3 is 2.35 bits per heavy atom. The number of urea groups is 1. The molecule has 0 saturated carbocycles. The van der Waals surface area contributed by atoms with Crippen LogP contribution in [0.15, 0.2) is 18.2 Å². The molecule has 3 N–H and O–H groups in total. The highest BCUT2D eigenvalue weighted by atomic mass is 16.6. The van der Waals surface area contributed by atoms with Gasteiger partial charge in [0.05, 0.1) is 10.5 Å². The number of amides is 2. The number of carbonyl (C=O) groups is 2. The van der Waals surface area contributed by atoms with Gasteiger partial charge < -0.3 is 15.7 Å². The van der Waals surface area contributed by atoms with E-state index in [2.05, 4.69) is 10.6 Å². The van der Waals surface area contributed by atoms with Gasteiger partial charge in [0, 0.05) is 11.6 Å². The van der Waals surface area contributed by atoms with Crippen molar-refractivity contribution in [1.82, 2.24) is 5.32 Å². The predicted molar refractivity (Wildman–Crippen MR) is 72.0 cm³/mol. The lowest BCUT2D eigenvalue weighted by Crippen LogP contribution is -2.43.